The van der Waals surface area contributed by atoms with Gasteiger partial charge in [-0.2, -0.15) is 0 Å². The minimum absolute atomic E-state index is 0.0873. The van der Waals surface area contributed by atoms with E-state index in [1.807, 2.05) is 0 Å². The van der Waals surface area contributed by atoms with Gasteiger partial charge >= 0.3 is 5.97 Å². The number of hydrogen-bond acceptors (Lipinski definition) is 6. The van der Waals surface area contributed by atoms with Crippen LogP contribution in [0.4, 0.5) is 5.82 Å². The van der Waals surface area contributed by atoms with Crippen molar-refractivity contribution in [2.45, 2.75) is 0 Å². The average molecular weight is 281 g/mol. The van der Waals surface area contributed by atoms with E-state index in [9.17, 15) is 4.79 Å². The average Bonchev–Trinajstić information content (AvgIpc) is 2.41. The molecule has 0 aliphatic carbocycles. The molecule has 0 radical (unpaired) electrons. The Morgan fingerprint density at radius 3 is 2.84 bits per heavy atom. The molecule has 2 heterocycles. The van der Waals surface area contributed by atoms with Crippen LogP contribution in [-0.2, 0) is 0 Å². The maximum atomic E-state index is 11.0. The lowest BCUT2D eigenvalue weighted by atomic mass is 10.2. The molecule has 0 atom stereocenters. The van der Waals surface area contributed by atoms with E-state index >= 15 is 0 Å². The van der Waals surface area contributed by atoms with Crippen molar-refractivity contribution in [2.24, 2.45) is 0 Å². The molecule has 0 saturated heterocycles. The van der Waals surface area contributed by atoms with Crippen LogP contribution in [0.3, 0.4) is 0 Å². The van der Waals surface area contributed by atoms with Gasteiger partial charge in [0.05, 0.1) is 12.7 Å². The molecule has 2 aromatic heterocycles. The molecule has 2 aromatic rings. The Morgan fingerprint density at radius 2 is 2.21 bits per heavy atom. The first kappa shape index (κ1) is 13.0. The molecule has 7 nitrogen and oxygen atoms in total. The van der Waals surface area contributed by atoms with E-state index in [2.05, 4.69) is 15.0 Å². The van der Waals surface area contributed by atoms with E-state index in [1.54, 1.807) is 12.1 Å². The summed E-state index contributed by atoms with van der Waals surface area (Å²) in [5.41, 5.74) is 5.64. The summed E-state index contributed by atoms with van der Waals surface area (Å²) in [7, 11) is 1.43. The Bertz CT molecular complexity index is 648. The lowest BCUT2D eigenvalue weighted by Gasteiger charge is -2.08. The Kier molecular flexibility index (Phi) is 3.48. The van der Waals surface area contributed by atoms with Gasteiger partial charge in [0.25, 0.3) is 0 Å². The molecule has 3 N–H and O–H groups in total. The second-order valence-electron chi connectivity index (χ2n) is 3.46. The number of nitrogen functional groups attached to an aromatic ring is 1. The van der Waals surface area contributed by atoms with Gasteiger partial charge in [0.2, 0.25) is 5.88 Å². The normalized spacial score (nSPS) is 10.2. The summed E-state index contributed by atoms with van der Waals surface area (Å²) in [6, 6.07) is 3.28. The topological polar surface area (TPSA) is 111 Å². The zero-order chi connectivity index (χ0) is 14.0. The maximum Gasteiger partial charge on any atom is 0.356 e. The first-order valence-electron chi connectivity index (χ1n) is 5.10. The van der Waals surface area contributed by atoms with Crippen LogP contribution in [0.25, 0.3) is 11.4 Å². The van der Waals surface area contributed by atoms with Gasteiger partial charge in [-0.05, 0) is 12.1 Å². The second-order valence-corrected chi connectivity index (χ2v) is 3.84. The number of aromatic carboxylic acids is 1. The molecule has 0 amide bonds. The van der Waals surface area contributed by atoms with Crippen molar-refractivity contribution in [2.75, 3.05) is 12.8 Å². The van der Waals surface area contributed by atoms with Gasteiger partial charge in [-0.25, -0.2) is 19.7 Å². The fraction of sp³-hybridized carbons (Fsp3) is 0.0909. The number of pyridine rings is 1. The number of nitrogens with zero attached hydrogens (tertiary/aromatic N) is 3. The van der Waals surface area contributed by atoms with Gasteiger partial charge in [0.1, 0.15) is 10.8 Å². The molecule has 98 valence electrons. The smallest absolute Gasteiger partial charge is 0.356 e. The van der Waals surface area contributed by atoms with Crippen LogP contribution in [-0.4, -0.2) is 33.1 Å². The van der Waals surface area contributed by atoms with Gasteiger partial charge in [0, 0.05) is 6.20 Å². The van der Waals surface area contributed by atoms with Crippen molar-refractivity contribution in [3.63, 3.8) is 0 Å². The third-order valence-corrected chi connectivity index (χ3v) is 2.66. The highest BCUT2D eigenvalue weighted by Gasteiger charge is 2.19. The molecule has 19 heavy (non-hydrogen) atoms. The number of nitrogens with two attached hydrogens (primary N) is 1. The predicted molar refractivity (Wildman–Crippen MR) is 68.2 cm³/mol. The van der Waals surface area contributed by atoms with Crippen LogP contribution in [0.15, 0.2) is 18.3 Å². The van der Waals surface area contributed by atoms with Gasteiger partial charge in [-0.15, -0.1) is 0 Å². The summed E-state index contributed by atoms with van der Waals surface area (Å²) in [5.74, 6) is -1.05. The fourth-order valence-corrected chi connectivity index (χ4v) is 1.62. The van der Waals surface area contributed by atoms with E-state index in [0.717, 1.165) is 0 Å². The number of methoxy groups -OCH3 is 1. The number of carboxylic acids is 1. The van der Waals surface area contributed by atoms with Gasteiger partial charge in [-0.3, -0.25) is 0 Å². The van der Waals surface area contributed by atoms with Crippen molar-refractivity contribution in [3.8, 4) is 17.3 Å². The first-order valence-corrected chi connectivity index (χ1v) is 5.48. The minimum atomic E-state index is -1.29. The molecular weight excluding hydrogens is 272 g/mol. The highest BCUT2D eigenvalue weighted by Crippen LogP contribution is 2.28. The lowest BCUT2D eigenvalue weighted by molar-refractivity contribution is 0.0690. The van der Waals surface area contributed by atoms with Crippen molar-refractivity contribution in [1.82, 2.24) is 15.0 Å². The molecule has 0 spiro atoms. The number of hydrogen-bond donors (Lipinski definition) is 2. The molecule has 0 unspecified atom stereocenters. The molecule has 0 bridgehead atoms. The summed E-state index contributed by atoms with van der Waals surface area (Å²) >= 11 is 5.74. The monoisotopic (exact) mass is 280 g/mol. The van der Waals surface area contributed by atoms with Crippen molar-refractivity contribution in [1.29, 1.82) is 0 Å². The van der Waals surface area contributed by atoms with Crippen LogP contribution in [0.5, 0.6) is 5.88 Å². The van der Waals surface area contributed by atoms with Crippen LogP contribution >= 0.6 is 11.6 Å². The van der Waals surface area contributed by atoms with Gasteiger partial charge in [-0.1, -0.05) is 11.6 Å². The maximum absolute atomic E-state index is 11.0. The number of rotatable bonds is 3. The first-order chi connectivity index (χ1) is 9.04. The van der Waals surface area contributed by atoms with Crippen molar-refractivity contribution in [3.05, 3.63) is 29.0 Å². The number of carboxylic acid groups (broad SMARTS) is 1. The molecule has 0 aromatic carbocycles. The highest BCUT2D eigenvalue weighted by atomic mass is 35.5. The lowest BCUT2D eigenvalue weighted by Crippen LogP contribution is -2.08. The molecule has 0 aliphatic rings. The standard InChI is InChI=1S/C11H9ClN4O3/c1-19-10-5(3-2-4-14-10)9-15-7(11(17)18)6(12)8(13)16-9/h2-4H,1H3,(H,17,18)(H2,13,15,16). The summed E-state index contributed by atoms with van der Waals surface area (Å²) in [5, 5.41) is 8.82. The van der Waals surface area contributed by atoms with E-state index < -0.39 is 5.97 Å². The second kappa shape index (κ2) is 5.07. The Balaban J connectivity index is 2.66. The Morgan fingerprint density at radius 1 is 1.47 bits per heavy atom. The van der Waals surface area contributed by atoms with Crippen molar-refractivity contribution < 1.29 is 14.6 Å². The number of aromatic nitrogens is 3. The van der Waals surface area contributed by atoms with Crippen LogP contribution in [0.1, 0.15) is 10.5 Å². The van der Waals surface area contributed by atoms with E-state index in [0.29, 0.717) is 5.56 Å². The summed E-state index contributed by atoms with van der Waals surface area (Å²) in [6.45, 7) is 0. The summed E-state index contributed by atoms with van der Waals surface area (Å²) < 4.78 is 5.06. The van der Waals surface area contributed by atoms with Crippen molar-refractivity contribution >= 4 is 23.4 Å². The summed E-state index contributed by atoms with van der Waals surface area (Å²) in [6.07, 6.45) is 1.53. The zero-order valence-corrected chi connectivity index (χ0v) is 10.5. The summed E-state index contributed by atoms with van der Waals surface area (Å²) in [4.78, 5) is 22.8. The number of ether oxygens (including phenoxy) is 1. The third-order valence-electron chi connectivity index (χ3n) is 2.28. The molecule has 0 saturated carbocycles. The molecule has 0 fully saturated rings. The Hall–Kier alpha value is -2.41. The molecule has 2 rings (SSSR count). The Labute approximate surface area is 113 Å². The number of anilines is 1. The fourth-order valence-electron chi connectivity index (χ4n) is 1.45. The number of halogens is 1. The van der Waals surface area contributed by atoms with E-state index in [1.165, 1.54) is 13.3 Å². The predicted octanol–water partition coefficient (Wildman–Crippen LogP) is 1.48. The molecular formula is C11H9ClN4O3. The minimum Gasteiger partial charge on any atom is -0.480 e. The highest BCUT2D eigenvalue weighted by molar-refractivity contribution is 6.35. The zero-order valence-electron chi connectivity index (χ0n) is 9.79. The molecule has 0 aliphatic heterocycles. The van der Waals surface area contributed by atoms with Gasteiger partial charge < -0.3 is 15.6 Å². The quantitative estimate of drug-likeness (QED) is 0.876. The van der Waals surface area contributed by atoms with E-state index in [4.69, 9.17) is 27.2 Å². The SMILES string of the molecule is COc1ncccc1-c1nc(N)c(Cl)c(C(=O)O)n1. The van der Waals surface area contributed by atoms with E-state index in [-0.39, 0.29) is 28.2 Å². The largest absolute Gasteiger partial charge is 0.480 e. The molecule has 8 heteroatoms. The van der Waals surface area contributed by atoms with Crippen LogP contribution in [0, 0.1) is 0 Å². The van der Waals surface area contributed by atoms with Crippen LogP contribution < -0.4 is 10.5 Å². The third kappa shape index (κ3) is 2.41. The van der Waals surface area contributed by atoms with Crippen LogP contribution in [0.2, 0.25) is 5.02 Å². The van der Waals surface area contributed by atoms with Gasteiger partial charge in [0.15, 0.2) is 11.5 Å². The number of carbonyl (C=O) groups is 1.